The average Bonchev–Trinajstić information content (AvgIpc) is 2.82. The van der Waals surface area contributed by atoms with Gasteiger partial charge in [-0.3, -0.25) is 4.79 Å². The average molecular weight is 530 g/mol. The van der Waals surface area contributed by atoms with Gasteiger partial charge in [0.15, 0.2) is 0 Å². The molecule has 0 unspecified atom stereocenters. The van der Waals surface area contributed by atoms with Crippen LogP contribution < -0.4 is 4.18 Å². The van der Waals surface area contributed by atoms with Gasteiger partial charge < -0.3 is 13.8 Å². The number of nitrogens with zero attached hydrogens (tertiary/aromatic N) is 1. The number of esters is 1. The number of carbonyl (C=O) groups is 2. The molecule has 0 fully saturated rings. The molecule has 0 bridgehead atoms. The summed E-state index contributed by atoms with van der Waals surface area (Å²) in [5, 5.41) is 0.353. The molecule has 3 aromatic rings. The van der Waals surface area contributed by atoms with E-state index in [0.717, 1.165) is 0 Å². The summed E-state index contributed by atoms with van der Waals surface area (Å²) < 4.78 is 36.7. The summed E-state index contributed by atoms with van der Waals surface area (Å²) in [5.41, 5.74) is 0.927. The van der Waals surface area contributed by atoms with Crippen molar-refractivity contribution >= 4 is 33.6 Å². The van der Waals surface area contributed by atoms with Gasteiger partial charge in [-0.05, 0) is 69.7 Å². The number of rotatable bonds is 9. The van der Waals surface area contributed by atoms with Gasteiger partial charge in [-0.1, -0.05) is 48.0 Å². The summed E-state index contributed by atoms with van der Waals surface area (Å²) >= 11 is 6.22. The third kappa shape index (κ3) is 6.65. The van der Waals surface area contributed by atoms with Gasteiger partial charge in [-0.25, -0.2) is 4.79 Å². The standard InChI is InChI=1S/C27H28ClNO6S/c1-18(2)29(26(30)22-12-5-7-14-24(22)28)17-20-10-9-11-21(16-20)35-36(32,33)25-15-8-6-13-23(25)27(31)34-19(3)4/h5-16,18-19H,17H2,1-4H3. The van der Waals surface area contributed by atoms with Crippen LogP contribution in [0.5, 0.6) is 5.75 Å². The fourth-order valence-electron chi connectivity index (χ4n) is 3.47. The number of ether oxygens (including phenoxy) is 1. The van der Waals surface area contributed by atoms with E-state index in [1.54, 1.807) is 67.3 Å². The highest BCUT2D eigenvalue weighted by Gasteiger charge is 2.26. The van der Waals surface area contributed by atoms with Crippen LogP contribution >= 0.6 is 11.6 Å². The molecule has 36 heavy (non-hydrogen) atoms. The van der Waals surface area contributed by atoms with Crippen LogP contribution in [0, 0.1) is 0 Å². The highest BCUT2D eigenvalue weighted by molar-refractivity contribution is 7.87. The summed E-state index contributed by atoms with van der Waals surface area (Å²) in [4.78, 5) is 26.9. The Bertz CT molecular complexity index is 1350. The lowest BCUT2D eigenvalue weighted by molar-refractivity contribution is 0.0372. The van der Waals surface area contributed by atoms with Crippen molar-refractivity contribution in [3.8, 4) is 5.75 Å². The maximum Gasteiger partial charge on any atom is 0.340 e. The first kappa shape index (κ1) is 27.2. The number of hydrogen-bond acceptors (Lipinski definition) is 6. The van der Waals surface area contributed by atoms with Crippen LogP contribution in [0.1, 0.15) is 54.0 Å². The molecule has 1 amide bonds. The van der Waals surface area contributed by atoms with Gasteiger partial charge in [-0.15, -0.1) is 0 Å². The van der Waals surface area contributed by atoms with E-state index in [-0.39, 0.29) is 34.7 Å². The van der Waals surface area contributed by atoms with Gasteiger partial charge in [0.1, 0.15) is 10.6 Å². The van der Waals surface area contributed by atoms with E-state index in [0.29, 0.717) is 16.1 Å². The lowest BCUT2D eigenvalue weighted by Crippen LogP contribution is -2.36. The maximum atomic E-state index is 13.2. The van der Waals surface area contributed by atoms with Crippen molar-refractivity contribution in [2.75, 3.05) is 0 Å². The maximum absolute atomic E-state index is 13.2. The molecule has 0 spiro atoms. The summed E-state index contributed by atoms with van der Waals surface area (Å²) in [6.45, 7) is 7.32. The Morgan fingerprint density at radius 2 is 1.53 bits per heavy atom. The molecule has 0 saturated carbocycles. The molecular weight excluding hydrogens is 502 g/mol. The topological polar surface area (TPSA) is 90.0 Å². The highest BCUT2D eigenvalue weighted by Crippen LogP contribution is 2.25. The second kappa shape index (κ2) is 11.6. The van der Waals surface area contributed by atoms with E-state index in [1.165, 1.54) is 24.3 Å². The molecule has 9 heteroatoms. The first-order chi connectivity index (χ1) is 17.0. The molecule has 0 aliphatic carbocycles. The summed E-state index contributed by atoms with van der Waals surface area (Å²) in [5.74, 6) is -0.951. The van der Waals surface area contributed by atoms with E-state index in [1.807, 2.05) is 13.8 Å². The van der Waals surface area contributed by atoms with E-state index in [9.17, 15) is 18.0 Å². The van der Waals surface area contributed by atoms with Crippen molar-refractivity contribution in [1.29, 1.82) is 0 Å². The quantitative estimate of drug-likeness (QED) is 0.260. The zero-order valence-electron chi connectivity index (χ0n) is 20.5. The van der Waals surface area contributed by atoms with Crippen molar-refractivity contribution in [3.05, 3.63) is 94.5 Å². The molecule has 0 saturated heterocycles. The molecule has 3 rings (SSSR count). The van der Waals surface area contributed by atoms with Crippen LogP contribution in [0.2, 0.25) is 5.02 Å². The predicted molar refractivity (Wildman–Crippen MR) is 138 cm³/mol. The van der Waals surface area contributed by atoms with Gasteiger partial charge in [0.2, 0.25) is 0 Å². The van der Waals surface area contributed by atoms with Gasteiger partial charge in [0.25, 0.3) is 5.91 Å². The van der Waals surface area contributed by atoms with Gasteiger partial charge in [0.05, 0.1) is 22.3 Å². The number of halogens is 1. The van der Waals surface area contributed by atoms with Crippen LogP contribution in [0.25, 0.3) is 0 Å². The van der Waals surface area contributed by atoms with Gasteiger partial charge in [0, 0.05) is 12.6 Å². The van der Waals surface area contributed by atoms with Crippen molar-refractivity contribution in [1.82, 2.24) is 4.90 Å². The van der Waals surface area contributed by atoms with Crippen LogP contribution in [0.4, 0.5) is 0 Å². The number of benzene rings is 3. The largest absolute Gasteiger partial charge is 0.459 e. The molecule has 190 valence electrons. The van der Waals surface area contributed by atoms with Crippen molar-refractivity contribution < 1.29 is 26.9 Å². The Balaban J connectivity index is 1.86. The second-order valence-corrected chi connectivity index (χ2v) is 10.6. The molecule has 0 aromatic heterocycles. The van der Waals surface area contributed by atoms with Gasteiger partial charge in [-0.2, -0.15) is 8.42 Å². The zero-order chi connectivity index (χ0) is 26.5. The van der Waals surface area contributed by atoms with Crippen molar-refractivity contribution in [2.45, 2.75) is 51.3 Å². The third-order valence-corrected chi connectivity index (χ3v) is 6.80. The lowest BCUT2D eigenvalue weighted by Gasteiger charge is -2.27. The van der Waals surface area contributed by atoms with Crippen LogP contribution in [0.3, 0.4) is 0 Å². The lowest BCUT2D eigenvalue weighted by atomic mass is 10.1. The fraction of sp³-hybridized carbons (Fsp3) is 0.259. The monoisotopic (exact) mass is 529 g/mol. The van der Waals surface area contributed by atoms with Gasteiger partial charge >= 0.3 is 16.1 Å². The Morgan fingerprint density at radius 1 is 0.889 bits per heavy atom. The Morgan fingerprint density at radius 3 is 2.17 bits per heavy atom. The van der Waals surface area contributed by atoms with Crippen molar-refractivity contribution in [2.24, 2.45) is 0 Å². The molecule has 0 aliphatic rings. The van der Waals surface area contributed by atoms with Crippen LogP contribution in [-0.2, 0) is 21.4 Å². The molecule has 3 aromatic carbocycles. The minimum absolute atomic E-state index is 0.0495. The van der Waals surface area contributed by atoms with E-state index in [4.69, 9.17) is 20.5 Å². The zero-order valence-corrected chi connectivity index (χ0v) is 22.0. The predicted octanol–water partition coefficient (Wildman–Crippen LogP) is 5.72. The van der Waals surface area contributed by atoms with E-state index < -0.39 is 22.2 Å². The Kier molecular flexibility index (Phi) is 8.76. The van der Waals surface area contributed by atoms with Crippen LogP contribution in [-0.4, -0.2) is 37.3 Å². The minimum atomic E-state index is -4.35. The third-order valence-electron chi connectivity index (χ3n) is 5.16. The molecule has 0 atom stereocenters. The molecule has 7 nitrogen and oxygen atoms in total. The Labute approximate surface area is 216 Å². The molecule has 0 heterocycles. The first-order valence-electron chi connectivity index (χ1n) is 11.4. The highest BCUT2D eigenvalue weighted by atomic mass is 35.5. The molecule has 0 N–H and O–H groups in total. The summed E-state index contributed by atoms with van der Waals surface area (Å²) in [7, 11) is -4.35. The smallest absolute Gasteiger partial charge is 0.340 e. The fourth-order valence-corrected chi connectivity index (χ4v) is 4.80. The van der Waals surface area contributed by atoms with Crippen molar-refractivity contribution in [3.63, 3.8) is 0 Å². The minimum Gasteiger partial charge on any atom is -0.459 e. The molecule has 0 radical (unpaired) electrons. The normalized spacial score (nSPS) is 11.4. The second-order valence-electron chi connectivity index (χ2n) is 8.64. The summed E-state index contributed by atoms with van der Waals surface area (Å²) in [6, 6.07) is 18.8. The Hall–Kier alpha value is -3.36. The summed E-state index contributed by atoms with van der Waals surface area (Å²) in [6.07, 6.45) is -0.414. The number of carbonyl (C=O) groups excluding carboxylic acids is 2. The van der Waals surface area contributed by atoms with E-state index in [2.05, 4.69) is 0 Å². The molecular formula is C27H28ClNO6S. The molecule has 0 aliphatic heterocycles. The number of hydrogen-bond donors (Lipinski definition) is 0. The van der Waals surface area contributed by atoms with E-state index >= 15 is 0 Å². The number of amides is 1. The first-order valence-corrected chi connectivity index (χ1v) is 13.2. The van der Waals surface area contributed by atoms with Crippen LogP contribution in [0.15, 0.2) is 77.7 Å². The SMILES string of the molecule is CC(C)OC(=O)c1ccccc1S(=O)(=O)Oc1cccc(CN(C(=O)c2ccccc2Cl)C(C)C)c1.